The molecule has 0 aliphatic rings. The van der Waals surface area contributed by atoms with Crippen molar-refractivity contribution in [2.75, 3.05) is 6.54 Å². The highest BCUT2D eigenvalue weighted by Crippen LogP contribution is 2.24. The number of nitrogens with zero attached hydrogens (tertiary/aromatic N) is 4. The number of fused-ring (bicyclic) bond motifs is 1. The highest BCUT2D eigenvalue weighted by Gasteiger charge is 2.18. The Hall–Kier alpha value is -2.08. The number of hydrogen-bond acceptors (Lipinski definition) is 4. The van der Waals surface area contributed by atoms with Gasteiger partial charge in [-0.2, -0.15) is 5.10 Å². The van der Waals surface area contributed by atoms with Crippen LogP contribution >= 0.6 is 0 Å². The summed E-state index contributed by atoms with van der Waals surface area (Å²) in [7, 11) is 0. The summed E-state index contributed by atoms with van der Waals surface area (Å²) in [5.41, 5.74) is 10.5. The van der Waals surface area contributed by atoms with Gasteiger partial charge in [0.25, 0.3) is 0 Å². The summed E-state index contributed by atoms with van der Waals surface area (Å²) in [5.74, 6) is 0. The van der Waals surface area contributed by atoms with Crippen LogP contribution in [-0.2, 0) is 0 Å². The molecule has 2 atom stereocenters. The highest BCUT2D eigenvalue weighted by atomic mass is 16.3. The predicted molar refractivity (Wildman–Crippen MR) is 70.4 cm³/mol. The van der Waals surface area contributed by atoms with E-state index in [1.54, 1.807) is 12.1 Å². The molecule has 0 aliphatic heterocycles. The lowest BCUT2D eigenvalue weighted by atomic mass is 10.0. The number of aliphatic hydroxyl groups is 2. The standard InChI is InChI=1S/C12H15N5O2/c1-7-9-3-2-8(6-10(9)16-15-7)12(19)11(18)4-5-14-17-13/h2-3,6,11-12,18-19H,4-5H2,1H3,(H,15,16). The van der Waals surface area contributed by atoms with E-state index >= 15 is 0 Å². The Labute approximate surface area is 109 Å². The van der Waals surface area contributed by atoms with Gasteiger partial charge in [0, 0.05) is 22.5 Å². The summed E-state index contributed by atoms with van der Waals surface area (Å²) in [5, 5.41) is 31.1. The maximum atomic E-state index is 10.0. The van der Waals surface area contributed by atoms with Crippen molar-refractivity contribution < 1.29 is 10.2 Å². The second-order valence-electron chi connectivity index (χ2n) is 4.38. The third-order valence-electron chi connectivity index (χ3n) is 3.06. The van der Waals surface area contributed by atoms with E-state index < -0.39 is 12.2 Å². The van der Waals surface area contributed by atoms with Crippen molar-refractivity contribution in [1.29, 1.82) is 0 Å². The van der Waals surface area contributed by atoms with Crippen molar-refractivity contribution in [3.8, 4) is 0 Å². The maximum Gasteiger partial charge on any atom is 0.105 e. The smallest absolute Gasteiger partial charge is 0.105 e. The Balaban J connectivity index is 2.16. The predicted octanol–water partition coefficient (Wildman–Crippen LogP) is 1.97. The zero-order valence-electron chi connectivity index (χ0n) is 10.5. The largest absolute Gasteiger partial charge is 0.390 e. The number of azide groups is 1. The third-order valence-corrected chi connectivity index (χ3v) is 3.06. The number of rotatable bonds is 5. The van der Waals surface area contributed by atoms with Crippen LogP contribution in [0.25, 0.3) is 21.3 Å². The zero-order chi connectivity index (χ0) is 13.8. The van der Waals surface area contributed by atoms with E-state index in [-0.39, 0.29) is 13.0 Å². The van der Waals surface area contributed by atoms with Crippen molar-refractivity contribution in [3.05, 3.63) is 39.9 Å². The molecule has 2 rings (SSSR count). The summed E-state index contributed by atoms with van der Waals surface area (Å²) in [6.07, 6.45) is -1.78. The van der Waals surface area contributed by atoms with E-state index in [1.807, 2.05) is 13.0 Å². The molecule has 2 aromatic rings. The van der Waals surface area contributed by atoms with E-state index in [2.05, 4.69) is 20.2 Å². The van der Waals surface area contributed by atoms with Crippen LogP contribution < -0.4 is 0 Å². The quantitative estimate of drug-likeness (QED) is 0.433. The molecule has 0 amide bonds. The van der Waals surface area contributed by atoms with E-state index in [0.29, 0.717) is 5.56 Å². The van der Waals surface area contributed by atoms with E-state index in [1.165, 1.54) is 0 Å². The van der Waals surface area contributed by atoms with Crippen molar-refractivity contribution in [3.63, 3.8) is 0 Å². The maximum absolute atomic E-state index is 10.0. The van der Waals surface area contributed by atoms with Gasteiger partial charge in [-0.25, -0.2) is 0 Å². The van der Waals surface area contributed by atoms with Crippen LogP contribution in [0.2, 0.25) is 0 Å². The first kappa shape index (κ1) is 13.4. The van der Waals surface area contributed by atoms with Crippen molar-refractivity contribution in [2.24, 2.45) is 5.11 Å². The summed E-state index contributed by atoms with van der Waals surface area (Å²) in [6.45, 7) is 2.07. The molecule has 3 N–H and O–H groups in total. The summed E-state index contributed by atoms with van der Waals surface area (Å²) >= 11 is 0. The molecule has 100 valence electrons. The van der Waals surface area contributed by atoms with E-state index in [0.717, 1.165) is 16.6 Å². The monoisotopic (exact) mass is 261 g/mol. The first-order valence-corrected chi connectivity index (χ1v) is 5.95. The van der Waals surface area contributed by atoms with Crippen molar-refractivity contribution in [2.45, 2.75) is 25.6 Å². The number of aromatic amines is 1. The second kappa shape index (κ2) is 5.71. The van der Waals surface area contributed by atoms with Crippen LogP contribution in [0.15, 0.2) is 23.3 Å². The molecule has 0 spiro atoms. The van der Waals surface area contributed by atoms with Gasteiger partial charge < -0.3 is 10.2 Å². The van der Waals surface area contributed by atoms with Crippen molar-refractivity contribution >= 4 is 10.9 Å². The van der Waals surface area contributed by atoms with Gasteiger partial charge in [0.2, 0.25) is 0 Å². The molecule has 0 bridgehead atoms. The molecule has 1 aromatic carbocycles. The van der Waals surface area contributed by atoms with Gasteiger partial charge in [-0.3, -0.25) is 5.10 Å². The molecule has 0 radical (unpaired) electrons. The number of aliphatic hydroxyl groups excluding tert-OH is 2. The number of aromatic nitrogens is 2. The fourth-order valence-electron chi connectivity index (χ4n) is 1.96. The molecule has 19 heavy (non-hydrogen) atoms. The average molecular weight is 261 g/mol. The number of aryl methyl sites for hydroxylation is 1. The summed E-state index contributed by atoms with van der Waals surface area (Å²) in [4.78, 5) is 2.60. The molecule has 0 fully saturated rings. The molecule has 7 nitrogen and oxygen atoms in total. The summed E-state index contributed by atoms with van der Waals surface area (Å²) < 4.78 is 0. The number of benzene rings is 1. The van der Waals surface area contributed by atoms with Crippen LogP contribution in [0, 0.1) is 6.92 Å². The zero-order valence-corrected chi connectivity index (χ0v) is 10.5. The molecule has 7 heteroatoms. The molecule has 2 unspecified atom stereocenters. The van der Waals surface area contributed by atoms with Gasteiger partial charge in [-0.15, -0.1) is 0 Å². The minimum absolute atomic E-state index is 0.151. The van der Waals surface area contributed by atoms with Crippen LogP contribution in [-0.4, -0.2) is 33.1 Å². The molecule has 1 heterocycles. The minimum atomic E-state index is -1.02. The Morgan fingerprint density at radius 1 is 1.47 bits per heavy atom. The minimum Gasteiger partial charge on any atom is -0.390 e. The molecule has 1 aromatic heterocycles. The van der Waals surface area contributed by atoms with E-state index in [9.17, 15) is 10.2 Å². The Kier molecular flexibility index (Phi) is 4.01. The van der Waals surface area contributed by atoms with Crippen LogP contribution in [0.4, 0.5) is 0 Å². The lowest BCUT2D eigenvalue weighted by Gasteiger charge is -2.17. The summed E-state index contributed by atoms with van der Waals surface area (Å²) in [6, 6.07) is 5.35. The van der Waals surface area contributed by atoms with Gasteiger partial charge in [0.1, 0.15) is 6.10 Å². The van der Waals surface area contributed by atoms with Gasteiger partial charge in [0.05, 0.1) is 11.6 Å². The van der Waals surface area contributed by atoms with Crippen molar-refractivity contribution in [1.82, 2.24) is 10.2 Å². The Morgan fingerprint density at radius 2 is 2.26 bits per heavy atom. The Morgan fingerprint density at radius 3 is 3.00 bits per heavy atom. The normalized spacial score (nSPS) is 14.1. The van der Waals surface area contributed by atoms with Crippen LogP contribution in [0.1, 0.15) is 23.8 Å². The number of nitrogens with one attached hydrogen (secondary N) is 1. The molecular weight excluding hydrogens is 246 g/mol. The number of hydrogen-bond donors (Lipinski definition) is 3. The molecular formula is C12H15N5O2. The first-order valence-electron chi connectivity index (χ1n) is 5.95. The van der Waals surface area contributed by atoms with Crippen LogP contribution in [0.5, 0.6) is 0 Å². The van der Waals surface area contributed by atoms with Gasteiger partial charge in [0.15, 0.2) is 0 Å². The average Bonchev–Trinajstić information content (AvgIpc) is 2.79. The number of H-pyrrole nitrogens is 1. The first-order chi connectivity index (χ1) is 9.13. The fourth-order valence-corrected chi connectivity index (χ4v) is 1.96. The highest BCUT2D eigenvalue weighted by molar-refractivity contribution is 5.81. The Bertz CT molecular complexity index is 618. The molecule has 0 aliphatic carbocycles. The van der Waals surface area contributed by atoms with Gasteiger partial charge in [-0.05, 0) is 30.5 Å². The third kappa shape index (κ3) is 2.85. The molecule has 0 saturated heterocycles. The van der Waals surface area contributed by atoms with Crippen LogP contribution in [0.3, 0.4) is 0 Å². The lowest BCUT2D eigenvalue weighted by Crippen LogP contribution is -2.19. The lowest BCUT2D eigenvalue weighted by molar-refractivity contribution is 0.0151. The SMILES string of the molecule is Cc1[nH]nc2cc(C(O)C(O)CCN=[N+]=[N-])ccc12. The fraction of sp³-hybridized carbons (Fsp3) is 0.417. The topological polar surface area (TPSA) is 118 Å². The van der Waals surface area contributed by atoms with Gasteiger partial charge >= 0.3 is 0 Å². The van der Waals surface area contributed by atoms with E-state index in [4.69, 9.17) is 5.53 Å². The second-order valence-corrected chi connectivity index (χ2v) is 4.38. The van der Waals surface area contributed by atoms with Gasteiger partial charge in [-0.1, -0.05) is 17.2 Å². The molecule has 0 saturated carbocycles.